The van der Waals surface area contributed by atoms with Gasteiger partial charge in [-0.05, 0) is 55.9 Å². The minimum Gasteiger partial charge on any atom is -0.463 e. The van der Waals surface area contributed by atoms with Crippen LogP contribution in [-0.4, -0.2) is 77.7 Å². The number of cyclic esters (lactones) is 1. The Morgan fingerprint density at radius 1 is 0.958 bits per heavy atom. The highest BCUT2D eigenvalue weighted by Crippen LogP contribution is 2.55. The Kier molecular flexibility index (Phi) is 10.1. The normalized spacial score (nSPS) is 29.6. The van der Waals surface area contributed by atoms with Gasteiger partial charge in [0.25, 0.3) is 5.91 Å². The highest BCUT2D eigenvalue weighted by molar-refractivity contribution is 6.06. The van der Waals surface area contributed by atoms with Crippen LogP contribution >= 0.6 is 0 Å². The minimum absolute atomic E-state index is 0.0579. The zero-order valence-corrected chi connectivity index (χ0v) is 27.7. The van der Waals surface area contributed by atoms with Crippen LogP contribution in [0.2, 0.25) is 0 Å². The van der Waals surface area contributed by atoms with E-state index in [4.69, 9.17) is 9.47 Å². The maximum Gasteiger partial charge on any atom is 0.306 e. The Bertz CT molecular complexity index is 1590. The van der Waals surface area contributed by atoms with Gasteiger partial charge in [-0.15, -0.1) is 0 Å². The van der Waals surface area contributed by atoms with Crippen LogP contribution in [0.4, 0.5) is 5.69 Å². The lowest BCUT2D eigenvalue weighted by Gasteiger charge is -2.36. The summed E-state index contributed by atoms with van der Waals surface area (Å²) in [4.78, 5) is 59.9. The summed E-state index contributed by atoms with van der Waals surface area (Å²) in [5.74, 6) is -3.11. The van der Waals surface area contributed by atoms with E-state index in [-0.39, 0.29) is 43.9 Å². The molecule has 254 valence electrons. The number of esters is 1. The average molecular weight is 656 g/mol. The van der Waals surface area contributed by atoms with E-state index in [1.54, 1.807) is 9.80 Å². The van der Waals surface area contributed by atoms with Crippen LogP contribution in [-0.2, 0) is 28.7 Å². The molecule has 4 aliphatic heterocycles. The van der Waals surface area contributed by atoms with Gasteiger partial charge in [0.15, 0.2) is 0 Å². The van der Waals surface area contributed by atoms with Crippen LogP contribution in [0, 0.1) is 25.7 Å². The first kappa shape index (κ1) is 33.6. The molecule has 10 nitrogen and oxygen atoms in total. The number of benzene rings is 2. The number of fused-ring (bicyclic) bond motifs is 2. The molecule has 2 aromatic carbocycles. The van der Waals surface area contributed by atoms with E-state index in [9.17, 15) is 19.5 Å². The Morgan fingerprint density at radius 3 is 2.54 bits per heavy atom. The van der Waals surface area contributed by atoms with E-state index < -0.39 is 41.6 Å². The first-order valence-corrected chi connectivity index (χ1v) is 17.1. The molecule has 0 saturated carbocycles. The third kappa shape index (κ3) is 6.43. The summed E-state index contributed by atoms with van der Waals surface area (Å²) in [5.41, 5.74) is 2.08. The Balaban J connectivity index is 1.41. The van der Waals surface area contributed by atoms with Crippen LogP contribution in [0.3, 0.4) is 0 Å². The number of nitrogens with zero attached hydrogens (tertiary/aromatic N) is 2. The fourth-order valence-corrected chi connectivity index (χ4v) is 7.62. The molecule has 3 amide bonds. The van der Waals surface area contributed by atoms with Gasteiger partial charge in [-0.1, -0.05) is 79.6 Å². The Morgan fingerprint density at radius 2 is 1.75 bits per heavy atom. The number of likely N-dealkylation sites (tertiary alicyclic amines) is 1. The third-order valence-electron chi connectivity index (χ3n) is 10.0. The standard InChI is InChI=1S/C38H45N3O7/c1-25-16-17-26(2)29(23-25)40-20-11-6-9-15-31(43)47-24-28(27-13-7-5-8-14-27)39-35(44)32-30-18-19-38(48-30)33(32)36(45)41(34(38)37(40)46)21-10-3-4-12-22-42/h5-8,11,13-14,16-19,23,28,30,32-34,42H,3-4,9-10,12,15,20-22,24H2,1-2H3,(H,39,44)/b11-6-/t28-,30-,32+,33+,34-,38+/m1/s1. The predicted octanol–water partition coefficient (Wildman–Crippen LogP) is 4.09. The van der Waals surface area contributed by atoms with Crippen LogP contribution < -0.4 is 10.2 Å². The predicted molar refractivity (Wildman–Crippen MR) is 180 cm³/mol. The molecular formula is C38H45N3O7. The largest absolute Gasteiger partial charge is 0.463 e. The van der Waals surface area contributed by atoms with Crippen molar-refractivity contribution in [3.05, 3.63) is 89.5 Å². The van der Waals surface area contributed by atoms with Crippen molar-refractivity contribution < 1.29 is 33.8 Å². The van der Waals surface area contributed by atoms with Crippen molar-refractivity contribution in [1.82, 2.24) is 10.2 Å². The smallest absolute Gasteiger partial charge is 0.306 e. The molecular weight excluding hydrogens is 610 g/mol. The van der Waals surface area contributed by atoms with Gasteiger partial charge in [0.1, 0.15) is 18.2 Å². The summed E-state index contributed by atoms with van der Waals surface area (Å²) in [6.07, 6.45) is 10.2. The van der Waals surface area contributed by atoms with E-state index in [0.717, 1.165) is 35.2 Å². The summed E-state index contributed by atoms with van der Waals surface area (Å²) < 4.78 is 12.3. The van der Waals surface area contributed by atoms with Crippen LogP contribution in [0.5, 0.6) is 0 Å². The number of hydrogen-bond acceptors (Lipinski definition) is 7. The molecule has 0 aromatic heterocycles. The van der Waals surface area contributed by atoms with Crippen molar-refractivity contribution in [3.63, 3.8) is 0 Å². The summed E-state index contributed by atoms with van der Waals surface area (Å²) in [6, 6.07) is 13.6. The molecule has 2 saturated heterocycles. The van der Waals surface area contributed by atoms with Gasteiger partial charge in [-0.3, -0.25) is 19.2 Å². The summed E-state index contributed by atoms with van der Waals surface area (Å²) in [7, 11) is 0. The summed E-state index contributed by atoms with van der Waals surface area (Å²) in [5, 5.41) is 12.3. The van der Waals surface area contributed by atoms with Crippen LogP contribution in [0.25, 0.3) is 0 Å². The molecule has 4 aliphatic rings. The monoisotopic (exact) mass is 655 g/mol. The van der Waals surface area contributed by atoms with E-state index in [1.807, 2.05) is 86.7 Å². The molecule has 5 bridgehead atoms. The number of anilines is 1. The lowest BCUT2D eigenvalue weighted by Crippen LogP contribution is -2.56. The maximum absolute atomic E-state index is 15.0. The van der Waals surface area contributed by atoms with E-state index in [0.29, 0.717) is 25.8 Å². The quantitative estimate of drug-likeness (QED) is 0.249. The number of nitrogens with one attached hydrogen (secondary N) is 1. The number of carbonyl (C=O) groups excluding carboxylic acids is 4. The number of aryl methyl sites for hydroxylation is 2. The van der Waals surface area contributed by atoms with Gasteiger partial charge in [0, 0.05) is 31.8 Å². The van der Waals surface area contributed by atoms with Crippen molar-refractivity contribution in [2.24, 2.45) is 11.8 Å². The lowest BCUT2D eigenvalue weighted by molar-refractivity contribution is -0.145. The number of aliphatic hydroxyl groups excluding tert-OH is 1. The third-order valence-corrected chi connectivity index (χ3v) is 10.0. The number of unbranched alkanes of at least 4 members (excludes halogenated alkanes) is 3. The topological polar surface area (TPSA) is 125 Å². The van der Waals surface area contributed by atoms with Gasteiger partial charge in [-0.2, -0.15) is 0 Å². The van der Waals surface area contributed by atoms with Crippen LogP contribution in [0.1, 0.15) is 61.3 Å². The minimum atomic E-state index is -1.31. The van der Waals surface area contributed by atoms with Gasteiger partial charge in [0.2, 0.25) is 11.8 Å². The number of ether oxygens (including phenoxy) is 2. The van der Waals surface area contributed by atoms with Gasteiger partial charge < -0.3 is 29.7 Å². The summed E-state index contributed by atoms with van der Waals surface area (Å²) >= 11 is 0. The zero-order valence-electron chi connectivity index (χ0n) is 27.7. The lowest BCUT2D eigenvalue weighted by atomic mass is 9.74. The second kappa shape index (κ2) is 14.5. The van der Waals surface area contributed by atoms with E-state index >= 15 is 4.79 Å². The van der Waals surface area contributed by atoms with Crippen LogP contribution in [0.15, 0.2) is 72.8 Å². The first-order valence-electron chi connectivity index (χ1n) is 17.1. The number of carbonyl (C=O) groups is 4. The fourth-order valence-electron chi connectivity index (χ4n) is 7.62. The molecule has 0 unspecified atom stereocenters. The summed E-state index contributed by atoms with van der Waals surface area (Å²) in [6.45, 7) is 4.52. The molecule has 6 atom stereocenters. The second-order valence-electron chi connectivity index (χ2n) is 13.3. The molecule has 2 aromatic rings. The zero-order chi connectivity index (χ0) is 33.8. The number of hydrogen-bond donors (Lipinski definition) is 2. The van der Waals surface area contributed by atoms with Crippen molar-refractivity contribution in [2.75, 3.05) is 31.2 Å². The SMILES string of the molecule is Cc1ccc(C)c(N2C/C=C\CCC(=O)OC[C@H](c3ccccc3)NC(=O)[C@@H]3[C@H]4C(=O)N(CCCCCCO)[C@H](C2=O)[C@]42C=C[C@H]3O2)c1. The number of aliphatic hydroxyl groups is 1. The maximum atomic E-state index is 15.0. The molecule has 2 fully saturated rings. The molecule has 1 spiro atoms. The highest BCUT2D eigenvalue weighted by atomic mass is 16.5. The number of rotatable bonds is 8. The number of allylic oxidation sites excluding steroid dienone is 1. The fraction of sp³-hybridized carbons (Fsp3) is 0.474. The van der Waals surface area contributed by atoms with Gasteiger partial charge >= 0.3 is 5.97 Å². The van der Waals surface area contributed by atoms with Gasteiger partial charge in [0.05, 0.1) is 24.0 Å². The van der Waals surface area contributed by atoms with Crippen molar-refractivity contribution in [1.29, 1.82) is 0 Å². The molecule has 4 heterocycles. The molecule has 0 aliphatic carbocycles. The molecule has 0 radical (unpaired) electrons. The number of amides is 3. The molecule has 6 rings (SSSR count). The van der Waals surface area contributed by atoms with E-state index in [1.165, 1.54) is 0 Å². The average Bonchev–Trinajstić information content (AvgIpc) is 3.73. The van der Waals surface area contributed by atoms with Gasteiger partial charge in [-0.25, -0.2) is 0 Å². The molecule has 48 heavy (non-hydrogen) atoms. The Hall–Kier alpha value is -4.28. The van der Waals surface area contributed by atoms with E-state index in [2.05, 4.69) is 5.32 Å². The highest BCUT2D eigenvalue weighted by Gasteiger charge is 2.73. The molecule has 2 N–H and O–H groups in total. The van der Waals surface area contributed by atoms with Crippen molar-refractivity contribution in [2.45, 2.75) is 76.2 Å². The molecule has 10 heteroatoms. The first-order chi connectivity index (χ1) is 23.2. The van der Waals surface area contributed by atoms with Crippen molar-refractivity contribution in [3.8, 4) is 0 Å². The van der Waals surface area contributed by atoms with Crippen molar-refractivity contribution >= 4 is 29.4 Å². The second-order valence-corrected chi connectivity index (χ2v) is 13.3. The Labute approximate surface area is 281 Å².